The molecular formula is C13H23N3O. The van der Waals surface area contributed by atoms with Crippen LogP contribution in [0.25, 0.3) is 0 Å². The zero-order valence-electron chi connectivity index (χ0n) is 11.0. The molecule has 0 aliphatic carbocycles. The predicted molar refractivity (Wildman–Crippen MR) is 67.9 cm³/mol. The molecule has 17 heavy (non-hydrogen) atoms. The van der Waals surface area contributed by atoms with E-state index in [0.717, 1.165) is 37.0 Å². The molecule has 4 nitrogen and oxygen atoms in total. The number of nitrogens with zero attached hydrogens (tertiary/aromatic N) is 1. The number of nitrogens with one attached hydrogen (secondary N) is 2. The second-order valence-electron chi connectivity index (χ2n) is 5.18. The topological polar surface area (TPSA) is 50.1 Å². The Morgan fingerprint density at radius 2 is 2.29 bits per heavy atom. The molecule has 4 heteroatoms. The Hall–Kier alpha value is -0.870. The molecule has 2 rings (SSSR count). The molecule has 1 aromatic heterocycles. The van der Waals surface area contributed by atoms with Crippen LogP contribution in [-0.4, -0.2) is 24.3 Å². The average molecular weight is 237 g/mol. The molecule has 0 spiro atoms. The van der Waals surface area contributed by atoms with Crippen molar-refractivity contribution in [2.24, 2.45) is 5.92 Å². The van der Waals surface area contributed by atoms with Crippen LogP contribution in [0.3, 0.4) is 0 Å². The van der Waals surface area contributed by atoms with Gasteiger partial charge in [-0.1, -0.05) is 5.16 Å². The van der Waals surface area contributed by atoms with Crippen LogP contribution in [0.5, 0.6) is 0 Å². The fourth-order valence-electron chi connectivity index (χ4n) is 2.58. The molecule has 0 bridgehead atoms. The van der Waals surface area contributed by atoms with Crippen molar-refractivity contribution < 1.29 is 4.52 Å². The van der Waals surface area contributed by atoms with Gasteiger partial charge >= 0.3 is 0 Å². The first-order valence-corrected chi connectivity index (χ1v) is 6.52. The fourth-order valence-corrected chi connectivity index (χ4v) is 2.58. The van der Waals surface area contributed by atoms with E-state index < -0.39 is 0 Å². The average Bonchev–Trinajstić information content (AvgIpc) is 2.61. The largest absolute Gasteiger partial charge is 0.361 e. The second-order valence-corrected chi connectivity index (χ2v) is 5.18. The molecule has 96 valence electrons. The van der Waals surface area contributed by atoms with Crippen molar-refractivity contribution in [1.82, 2.24) is 15.8 Å². The van der Waals surface area contributed by atoms with E-state index in [1.54, 1.807) is 0 Å². The third-order valence-electron chi connectivity index (χ3n) is 3.65. The lowest BCUT2D eigenvalue weighted by molar-refractivity contribution is 0.304. The summed E-state index contributed by atoms with van der Waals surface area (Å²) in [5, 5.41) is 11.0. The van der Waals surface area contributed by atoms with Gasteiger partial charge in [0, 0.05) is 18.2 Å². The molecular weight excluding hydrogens is 214 g/mol. The minimum absolute atomic E-state index is 0.662. The van der Waals surface area contributed by atoms with Crippen molar-refractivity contribution in [2.45, 2.75) is 46.2 Å². The molecule has 0 radical (unpaired) electrons. The Morgan fingerprint density at radius 3 is 2.94 bits per heavy atom. The molecule has 0 saturated carbocycles. The first-order chi connectivity index (χ1) is 8.16. The molecule has 2 N–H and O–H groups in total. The van der Waals surface area contributed by atoms with Crippen molar-refractivity contribution in [3.63, 3.8) is 0 Å². The maximum absolute atomic E-state index is 5.15. The quantitative estimate of drug-likeness (QED) is 0.838. The van der Waals surface area contributed by atoms with Gasteiger partial charge in [0.05, 0.1) is 5.69 Å². The summed E-state index contributed by atoms with van der Waals surface area (Å²) in [4.78, 5) is 0. The Morgan fingerprint density at radius 1 is 1.47 bits per heavy atom. The Bertz CT molecular complexity index is 342. The summed E-state index contributed by atoms with van der Waals surface area (Å²) >= 11 is 0. The molecule has 2 unspecified atom stereocenters. The van der Waals surface area contributed by atoms with Gasteiger partial charge in [0.25, 0.3) is 0 Å². The monoisotopic (exact) mass is 237 g/mol. The van der Waals surface area contributed by atoms with Gasteiger partial charge in [0.15, 0.2) is 0 Å². The van der Waals surface area contributed by atoms with Crippen LogP contribution in [0.4, 0.5) is 0 Å². The molecule has 2 atom stereocenters. The zero-order chi connectivity index (χ0) is 12.3. The first-order valence-electron chi connectivity index (χ1n) is 6.52. The number of hydrogen-bond donors (Lipinski definition) is 2. The van der Waals surface area contributed by atoms with E-state index in [1.165, 1.54) is 18.4 Å². The maximum atomic E-state index is 5.15. The highest BCUT2D eigenvalue weighted by Crippen LogP contribution is 2.16. The summed E-state index contributed by atoms with van der Waals surface area (Å²) in [5.74, 6) is 1.74. The van der Waals surface area contributed by atoms with Crippen LogP contribution in [0.1, 0.15) is 36.8 Å². The third-order valence-corrected chi connectivity index (χ3v) is 3.65. The van der Waals surface area contributed by atoms with Gasteiger partial charge in [-0.2, -0.15) is 0 Å². The zero-order valence-corrected chi connectivity index (χ0v) is 11.0. The second kappa shape index (κ2) is 5.65. The number of piperidine rings is 1. The van der Waals surface area contributed by atoms with Gasteiger partial charge < -0.3 is 15.2 Å². The molecule has 1 aromatic rings. The van der Waals surface area contributed by atoms with E-state index in [2.05, 4.69) is 22.7 Å². The molecule has 2 heterocycles. The highest BCUT2D eigenvalue weighted by atomic mass is 16.5. The smallest absolute Gasteiger partial charge is 0.138 e. The highest BCUT2D eigenvalue weighted by molar-refractivity contribution is 5.20. The molecule has 1 aliphatic heterocycles. The number of aromatic nitrogens is 1. The van der Waals surface area contributed by atoms with Crippen molar-refractivity contribution in [3.8, 4) is 0 Å². The molecule has 0 amide bonds. The fraction of sp³-hybridized carbons (Fsp3) is 0.769. The standard InChI is InChI=1S/C13H23N3O/c1-9-6-12(4-5-15-9)7-14-8-13-10(2)16-17-11(13)3/h9,12,14-15H,4-8H2,1-3H3. The maximum Gasteiger partial charge on any atom is 0.138 e. The molecule has 1 aliphatic rings. The van der Waals surface area contributed by atoms with Crippen LogP contribution >= 0.6 is 0 Å². The van der Waals surface area contributed by atoms with E-state index in [9.17, 15) is 0 Å². The van der Waals surface area contributed by atoms with Gasteiger partial charge in [0.2, 0.25) is 0 Å². The summed E-state index contributed by atoms with van der Waals surface area (Å²) < 4.78 is 5.15. The van der Waals surface area contributed by atoms with Crippen molar-refractivity contribution >= 4 is 0 Å². The van der Waals surface area contributed by atoms with Gasteiger partial charge in [-0.05, 0) is 52.6 Å². The molecule has 1 saturated heterocycles. The van der Waals surface area contributed by atoms with Gasteiger partial charge in [-0.25, -0.2) is 0 Å². The van der Waals surface area contributed by atoms with Gasteiger partial charge in [-0.3, -0.25) is 0 Å². The summed E-state index contributed by atoms with van der Waals surface area (Å²) in [6.07, 6.45) is 2.55. The summed E-state index contributed by atoms with van der Waals surface area (Å²) in [6.45, 7) is 9.36. The van der Waals surface area contributed by atoms with E-state index in [0.29, 0.717) is 6.04 Å². The third kappa shape index (κ3) is 3.30. The Balaban J connectivity index is 1.76. The van der Waals surface area contributed by atoms with Gasteiger partial charge in [0.1, 0.15) is 5.76 Å². The summed E-state index contributed by atoms with van der Waals surface area (Å²) in [5.41, 5.74) is 2.22. The molecule has 0 aromatic carbocycles. The number of rotatable bonds is 4. The van der Waals surface area contributed by atoms with Crippen molar-refractivity contribution in [2.75, 3.05) is 13.1 Å². The van der Waals surface area contributed by atoms with E-state index in [1.807, 2.05) is 13.8 Å². The number of hydrogen-bond acceptors (Lipinski definition) is 4. The van der Waals surface area contributed by atoms with Crippen molar-refractivity contribution in [1.29, 1.82) is 0 Å². The lowest BCUT2D eigenvalue weighted by atomic mass is 9.93. The predicted octanol–water partition coefficient (Wildman–Crippen LogP) is 1.77. The van der Waals surface area contributed by atoms with Crippen molar-refractivity contribution in [3.05, 3.63) is 17.0 Å². The minimum atomic E-state index is 0.662. The normalized spacial score (nSPS) is 25.1. The SMILES string of the molecule is Cc1noc(C)c1CNCC1CCNC(C)C1. The Kier molecular flexibility index (Phi) is 4.18. The summed E-state index contributed by atoms with van der Waals surface area (Å²) in [7, 11) is 0. The van der Waals surface area contributed by atoms with Crippen LogP contribution in [0.15, 0.2) is 4.52 Å². The number of aryl methyl sites for hydroxylation is 2. The first kappa shape index (κ1) is 12.6. The molecule has 1 fully saturated rings. The lowest BCUT2D eigenvalue weighted by Crippen LogP contribution is -2.39. The highest BCUT2D eigenvalue weighted by Gasteiger charge is 2.18. The van der Waals surface area contributed by atoms with Gasteiger partial charge in [-0.15, -0.1) is 0 Å². The van der Waals surface area contributed by atoms with E-state index in [4.69, 9.17) is 4.52 Å². The van der Waals surface area contributed by atoms with Crippen LogP contribution in [0.2, 0.25) is 0 Å². The van der Waals surface area contributed by atoms with E-state index in [-0.39, 0.29) is 0 Å². The van der Waals surface area contributed by atoms with Crippen LogP contribution in [-0.2, 0) is 6.54 Å². The minimum Gasteiger partial charge on any atom is -0.361 e. The van der Waals surface area contributed by atoms with Crippen LogP contribution in [0, 0.1) is 19.8 Å². The lowest BCUT2D eigenvalue weighted by Gasteiger charge is -2.28. The van der Waals surface area contributed by atoms with E-state index >= 15 is 0 Å². The van der Waals surface area contributed by atoms with Crippen LogP contribution < -0.4 is 10.6 Å². The Labute approximate surface area is 103 Å². The summed E-state index contributed by atoms with van der Waals surface area (Å²) in [6, 6.07) is 0.662.